The first-order valence-corrected chi connectivity index (χ1v) is 10.1. The molecule has 1 atom stereocenters. The summed E-state index contributed by atoms with van der Waals surface area (Å²) < 4.78 is 1.90. The van der Waals surface area contributed by atoms with Gasteiger partial charge in [0.1, 0.15) is 5.75 Å². The summed E-state index contributed by atoms with van der Waals surface area (Å²) in [5.41, 5.74) is 4.07. The summed E-state index contributed by atoms with van der Waals surface area (Å²) >= 11 is 0. The zero-order chi connectivity index (χ0) is 20.4. The minimum atomic E-state index is -0.0412. The number of aromatic hydroxyl groups is 1. The number of amides is 1. The maximum atomic E-state index is 11.2. The van der Waals surface area contributed by atoms with Gasteiger partial charge in [0.25, 0.3) is 0 Å². The molecule has 0 radical (unpaired) electrons. The van der Waals surface area contributed by atoms with Gasteiger partial charge < -0.3 is 10.4 Å². The second kappa shape index (κ2) is 8.21. The lowest BCUT2D eigenvalue weighted by Crippen LogP contribution is -2.25. The normalized spacial score (nSPS) is 17.1. The molecule has 152 valence electrons. The number of hydrogen-bond donors (Lipinski definition) is 2. The molecule has 3 heterocycles. The Labute approximate surface area is 170 Å². The van der Waals surface area contributed by atoms with Gasteiger partial charge in [-0.1, -0.05) is 17.7 Å². The fourth-order valence-electron chi connectivity index (χ4n) is 4.11. The monoisotopic (exact) mass is 393 g/mol. The third-order valence-corrected chi connectivity index (χ3v) is 5.52. The molecule has 1 aliphatic rings. The lowest BCUT2D eigenvalue weighted by Gasteiger charge is -2.17. The van der Waals surface area contributed by atoms with Gasteiger partial charge in [-0.15, -0.1) is 0 Å². The van der Waals surface area contributed by atoms with E-state index in [9.17, 15) is 9.90 Å². The largest absolute Gasteiger partial charge is 0.508 e. The van der Waals surface area contributed by atoms with Gasteiger partial charge in [-0.05, 0) is 38.1 Å². The predicted molar refractivity (Wildman–Crippen MR) is 112 cm³/mol. The van der Waals surface area contributed by atoms with Gasteiger partial charge in [-0.3, -0.25) is 9.69 Å². The molecule has 7 heteroatoms. The molecule has 1 amide bonds. The number of fused-ring (bicyclic) bond motifs is 1. The molecule has 0 bridgehead atoms. The fraction of sp³-hybridized carbons (Fsp3) is 0.409. The predicted octanol–water partition coefficient (Wildman–Crippen LogP) is 2.57. The van der Waals surface area contributed by atoms with E-state index in [1.54, 1.807) is 12.3 Å². The van der Waals surface area contributed by atoms with Gasteiger partial charge in [-0.2, -0.15) is 5.10 Å². The molecule has 4 rings (SSSR count). The first-order chi connectivity index (χ1) is 14.0. The molecule has 2 aromatic heterocycles. The lowest BCUT2D eigenvalue weighted by molar-refractivity contribution is -0.118. The van der Waals surface area contributed by atoms with Crippen molar-refractivity contribution in [2.45, 2.75) is 39.3 Å². The number of carbonyl (C=O) groups is 1. The molecule has 0 aliphatic carbocycles. The van der Waals surface area contributed by atoms with Crippen molar-refractivity contribution in [3.05, 3.63) is 53.3 Å². The summed E-state index contributed by atoms with van der Waals surface area (Å²) in [6, 6.07) is 9.78. The Kier molecular flexibility index (Phi) is 5.49. The highest BCUT2D eigenvalue weighted by Gasteiger charge is 2.28. The number of aromatic nitrogens is 3. The number of nitrogens with one attached hydrogen (secondary N) is 1. The molecule has 1 aromatic carbocycles. The third-order valence-electron chi connectivity index (χ3n) is 5.52. The van der Waals surface area contributed by atoms with Crippen molar-refractivity contribution in [3.63, 3.8) is 0 Å². The van der Waals surface area contributed by atoms with Crippen LogP contribution in [-0.2, 0) is 17.9 Å². The average molecular weight is 393 g/mol. The molecular weight excluding hydrogens is 366 g/mol. The number of nitrogens with zero attached hydrogens (tertiary/aromatic N) is 4. The molecule has 2 N–H and O–H groups in total. The first-order valence-electron chi connectivity index (χ1n) is 10.1. The van der Waals surface area contributed by atoms with Crippen LogP contribution in [0, 0.1) is 6.92 Å². The van der Waals surface area contributed by atoms with Gasteiger partial charge in [-0.25, -0.2) is 9.67 Å². The van der Waals surface area contributed by atoms with Crippen LogP contribution >= 0.6 is 0 Å². The molecule has 0 spiro atoms. The second-order valence-electron chi connectivity index (χ2n) is 7.82. The number of aryl methyl sites for hydroxylation is 1. The number of pyridine rings is 1. The van der Waals surface area contributed by atoms with E-state index < -0.39 is 0 Å². The van der Waals surface area contributed by atoms with Crippen molar-refractivity contribution >= 4 is 16.9 Å². The van der Waals surface area contributed by atoms with Crippen LogP contribution in [0.25, 0.3) is 11.0 Å². The Bertz CT molecular complexity index is 1030. The zero-order valence-corrected chi connectivity index (χ0v) is 16.9. The van der Waals surface area contributed by atoms with E-state index in [2.05, 4.69) is 27.3 Å². The molecule has 3 aromatic rings. The molecule has 29 heavy (non-hydrogen) atoms. The van der Waals surface area contributed by atoms with Gasteiger partial charge in [0.05, 0.1) is 12.2 Å². The number of hydrogen-bond acceptors (Lipinski definition) is 5. The summed E-state index contributed by atoms with van der Waals surface area (Å²) in [5, 5.41) is 18.9. The molecule has 1 saturated heterocycles. The Morgan fingerprint density at radius 2 is 2.21 bits per heavy atom. The van der Waals surface area contributed by atoms with E-state index in [1.807, 2.05) is 23.7 Å². The second-order valence-corrected chi connectivity index (χ2v) is 7.82. The maximum absolute atomic E-state index is 11.2. The van der Waals surface area contributed by atoms with Crippen molar-refractivity contribution in [3.8, 4) is 5.75 Å². The number of carbonyl (C=O) groups excluding carboxylic acids is 1. The Morgan fingerprint density at radius 3 is 3.03 bits per heavy atom. The Morgan fingerprint density at radius 1 is 1.34 bits per heavy atom. The van der Waals surface area contributed by atoms with Crippen LogP contribution in [0.5, 0.6) is 5.75 Å². The quantitative estimate of drug-likeness (QED) is 0.673. The van der Waals surface area contributed by atoms with Crippen LogP contribution in [-0.4, -0.2) is 50.3 Å². The summed E-state index contributed by atoms with van der Waals surface area (Å²) in [7, 11) is 0. The van der Waals surface area contributed by atoms with Crippen molar-refractivity contribution in [2.24, 2.45) is 0 Å². The molecule has 1 aliphatic heterocycles. The molecule has 0 saturated carbocycles. The summed E-state index contributed by atoms with van der Waals surface area (Å²) in [6.07, 6.45) is 2.81. The highest BCUT2D eigenvalue weighted by atomic mass is 16.3. The van der Waals surface area contributed by atoms with E-state index in [0.717, 1.165) is 53.9 Å². The van der Waals surface area contributed by atoms with Gasteiger partial charge in [0.15, 0.2) is 5.65 Å². The van der Waals surface area contributed by atoms with E-state index >= 15 is 0 Å². The number of phenolic OH excluding ortho intramolecular Hbond substituents is 1. The summed E-state index contributed by atoms with van der Waals surface area (Å²) in [6.45, 7) is 7.31. The van der Waals surface area contributed by atoms with Crippen molar-refractivity contribution in [1.82, 2.24) is 25.0 Å². The van der Waals surface area contributed by atoms with Gasteiger partial charge >= 0.3 is 0 Å². The van der Waals surface area contributed by atoms with Crippen molar-refractivity contribution in [2.75, 3.05) is 19.6 Å². The zero-order valence-electron chi connectivity index (χ0n) is 16.9. The van der Waals surface area contributed by atoms with E-state index in [-0.39, 0.29) is 5.91 Å². The number of rotatable bonds is 6. The van der Waals surface area contributed by atoms with E-state index in [0.29, 0.717) is 24.8 Å². The number of likely N-dealkylation sites (tertiary alicyclic amines) is 1. The minimum absolute atomic E-state index is 0.0412. The highest BCUT2D eigenvalue weighted by molar-refractivity contribution is 5.79. The summed E-state index contributed by atoms with van der Waals surface area (Å²) in [4.78, 5) is 18.1. The van der Waals surface area contributed by atoms with Crippen LogP contribution in [0.15, 0.2) is 36.5 Å². The van der Waals surface area contributed by atoms with E-state index in [4.69, 9.17) is 5.10 Å². The van der Waals surface area contributed by atoms with Crippen LogP contribution in [0.1, 0.15) is 36.1 Å². The third kappa shape index (κ3) is 4.24. The fourth-order valence-corrected chi connectivity index (χ4v) is 4.11. The van der Waals surface area contributed by atoms with E-state index in [1.165, 1.54) is 6.92 Å². The smallest absolute Gasteiger partial charge is 0.216 e. The number of benzene rings is 1. The number of phenols is 1. The molecule has 0 unspecified atom stereocenters. The Hall–Kier alpha value is -2.93. The standard InChI is InChI=1S/C22H27N5O2/c1-15-5-6-20(29)18(12-15)14-26-10-7-17(13-26)21-19-4-3-8-24-22(19)27(25-21)11-9-23-16(2)28/h3-6,8,12,17,29H,7,9-11,13-14H2,1-2H3,(H,23,28)/t17-/m1/s1. The SMILES string of the molecule is CC(=O)NCCn1nc([C@@H]2CCN(Cc3cc(C)ccc3O)C2)c2cccnc21. The first kappa shape index (κ1) is 19.4. The minimum Gasteiger partial charge on any atom is -0.508 e. The van der Waals surface area contributed by atoms with Gasteiger partial charge in [0, 0.05) is 49.6 Å². The van der Waals surface area contributed by atoms with Crippen LogP contribution < -0.4 is 5.32 Å². The van der Waals surface area contributed by atoms with Crippen LogP contribution in [0.3, 0.4) is 0 Å². The summed E-state index contributed by atoms with van der Waals surface area (Å²) in [5.74, 6) is 0.645. The molecule has 1 fully saturated rings. The van der Waals surface area contributed by atoms with Gasteiger partial charge in [0.2, 0.25) is 5.91 Å². The average Bonchev–Trinajstić information content (AvgIpc) is 3.29. The van der Waals surface area contributed by atoms with Crippen LogP contribution in [0.4, 0.5) is 0 Å². The van der Waals surface area contributed by atoms with Crippen LogP contribution in [0.2, 0.25) is 0 Å². The highest BCUT2D eigenvalue weighted by Crippen LogP contribution is 2.32. The lowest BCUT2D eigenvalue weighted by atomic mass is 10.0. The van der Waals surface area contributed by atoms with Crippen molar-refractivity contribution < 1.29 is 9.90 Å². The maximum Gasteiger partial charge on any atom is 0.216 e. The van der Waals surface area contributed by atoms with Crippen molar-refractivity contribution in [1.29, 1.82) is 0 Å². The molecule has 7 nitrogen and oxygen atoms in total. The Balaban J connectivity index is 1.51. The molecular formula is C22H27N5O2. The topological polar surface area (TPSA) is 83.3 Å².